The zero-order valence-corrected chi connectivity index (χ0v) is 36.8. The number of aromatic nitrogens is 1. The first kappa shape index (κ1) is 38.7. The summed E-state index contributed by atoms with van der Waals surface area (Å²) in [5, 5.41) is 11.2. The third-order valence-corrected chi connectivity index (χ3v) is 13.8. The summed E-state index contributed by atoms with van der Waals surface area (Å²) in [6.45, 7) is 0. The first-order chi connectivity index (χ1) is 33.2. The highest BCUT2D eigenvalue weighted by Crippen LogP contribution is 2.43. The zero-order chi connectivity index (χ0) is 44.3. The molecule has 312 valence electrons. The normalized spacial score (nSPS) is 11.6. The summed E-state index contributed by atoms with van der Waals surface area (Å²) in [4.78, 5) is 0. The predicted molar refractivity (Wildman–Crippen MR) is 286 cm³/mol. The minimum absolute atomic E-state index is 1.11. The monoisotopic (exact) mass is 849 g/mol. The molecule has 0 atom stereocenters. The lowest BCUT2D eigenvalue weighted by atomic mass is 9.89. The number of fused-ring (bicyclic) bond motifs is 7. The van der Waals surface area contributed by atoms with Crippen molar-refractivity contribution >= 4 is 54.0 Å². The lowest BCUT2D eigenvalue weighted by Crippen LogP contribution is -1.96. The average Bonchev–Trinajstić information content (AvgIpc) is 3.80. The van der Waals surface area contributed by atoms with Crippen molar-refractivity contribution < 1.29 is 0 Å². The van der Waals surface area contributed by atoms with Crippen molar-refractivity contribution in [1.82, 2.24) is 4.57 Å². The molecule has 0 spiro atoms. The Hall–Kier alpha value is -8.78. The number of benzene rings is 12. The van der Waals surface area contributed by atoms with Gasteiger partial charge in [0, 0.05) is 22.8 Å². The molecule has 1 heteroatoms. The van der Waals surface area contributed by atoms with Crippen LogP contribution in [0.4, 0.5) is 0 Å². The Labute approximate surface area is 390 Å². The lowest BCUT2D eigenvalue weighted by molar-refractivity contribution is 1.13. The van der Waals surface area contributed by atoms with Gasteiger partial charge >= 0.3 is 0 Å². The van der Waals surface area contributed by atoms with E-state index in [-0.39, 0.29) is 0 Å². The molecule has 0 aliphatic rings. The fourth-order valence-corrected chi connectivity index (χ4v) is 10.5. The Morgan fingerprint density at radius 2 is 0.597 bits per heavy atom. The fraction of sp³-hybridized carbons (Fsp3) is 0. The standard InChI is InChI=1S/C66H43N/c1-3-15-44(16-4-1)46-27-29-48(30-28-46)50-35-36-66-64(40-50)65(49-33-31-47(32-34-49)45-17-5-2-6-18-45)43-67(66)55-38-53(62-41-51-19-7-9-21-56(51)58-23-11-13-25-60(58)62)37-54(39-55)63-42-52-20-8-10-22-57(52)59-24-12-14-26-61(59)63/h1-43H. The van der Waals surface area contributed by atoms with E-state index in [0.717, 1.165) is 11.2 Å². The molecule has 13 rings (SSSR count). The van der Waals surface area contributed by atoms with E-state index in [9.17, 15) is 0 Å². The molecule has 1 aromatic heterocycles. The second kappa shape index (κ2) is 16.0. The summed E-state index contributed by atoms with van der Waals surface area (Å²) >= 11 is 0. The second-order valence-electron chi connectivity index (χ2n) is 17.7. The SMILES string of the molecule is c1ccc(-c2ccc(-c3ccc4c(c3)c(-c3ccc(-c5ccccc5)cc3)cn4-c3cc(-c4cc5ccccc5c5ccccc45)cc(-c4cc5ccccc5c5ccccc45)c3)cc2)cc1. The Morgan fingerprint density at radius 3 is 1.10 bits per heavy atom. The van der Waals surface area contributed by atoms with Crippen molar-refractivity contribution in [2.45, 2.75) is 0 Å². The predicted octanol–water partition coefficient (Wildman–Crippen LogP) is 18.2. The molecule has 0 aliphatic carbocycles. The van der Waals surface area contributed by atoms with E-state index in [1.165, 1.54) is 115 Å². The van der Waals surface area contributed by atoms with Gasteiger partial charge < -0.3 is 4.57 Å². The Balaban J connectivity index is 1.06. The van der Waals surface area contributed by atoms with Crippen LogP contribution < -0.4 is 0 Å². The Bertz CT molecular complexity index is 3850. The van der Waals surface area contributed by atoms with Crippen molar-refractivity contribution in [1.29, 1.82) is 0 Å². The van der Waals surface area contributed by atoms with Crippen LogP contribution in [-0.4, -0.2) is 4.57 Å². The van der Waals surface area contributed by atoms with Crippen LogP contribution in [0.25, 0.3) is 126 Å². The van der Waals surface area contributed by atoms with Crippen LogP contribution in [0.5, 0.6) is 0 Å². The van der Waals surface area contributed by atoms with E-state index in [2.05, 4.69) is 266 Å². The molecule has 0 aliphatic heterocycles. The van der Waals surface area contributed by atoms with Gasteiger partial charge in [-0.1, -0.05) is 212 Å². The van der Waals surface area contributed by atoms with Crippen molar-refractivity contribution in [3.8, 4) is 72.4 Å². The van der Waals surface area contributed by atoms with Gasteiger partial charge in [-0.15, -0.1) is 0 Å². The molecule has 0 saturated carbocycles. The van der Waals surface area contributed by atoms with Crippen LogP contribution in [0.1, 0.15) is 0 Å². The third-order valence-electron chi connectivity index (χ3n) is 13.8. The maximum Gasteiger partial charge on any atom is 0.0535 e. The van der Waals surface area contributed by atoms with Gasteiger partial charge in [0.05, 0.1) is 5.52 Å². The fourth-order valence-electron chi connectivity index (χ4n) is 10.5. The van der Waals surface area contributed by atoms with Crippen LogP contribution in [0.3, 0.4) is 0 Å². The molecule has 67 heavy (non-hydrogen) atoms. The van der Waals surface area contributed by atoms with Gasteiger partial charge in [0.25, 0.3) is 0 Å². The second-order valence-corrected chi connectivity index (χ2v) is 17.7. The summed E-state index contributed by atoms with van der Waals surface area (Å²) in [6, 6.07) is 93.7. The molecule has 0 amide bonds. The van der Waals surface area contributed by atoms with Gasteiger partial charge in [-0.3, -0.25) is 0 Å². The molecule has 1 nitrogen and oxygen atoms in total. The van der Waals surface area contributed by atoms with Crippen molar-refractivity contribution in [2.24, 2.45) is 0 Å². The van der Waals surface area contributed by atoms with Gasteiger partial charge in [-0.2, -0.15) is 0 Å². The van der Waals surface area contributed by atoms with Crippen molar-refractivity contribution in [3.63, 3.8) is 0 Å². The van der Waals surface area contributed by atoms with Crippen LogP contribution in [0.15, 0.2) is 261 Å². The molecule has 0 fully saturated rings. The number of rotatable bonds is 7. The van der Waals surface area contributed by atoms with E-state index >= 15 is 0 Å². The van der Waals surface area contributed by atoms with E-state index in [1.54, 1.807) is 0 Å². The molecule has 0 radical (unpaired) electrons. The molecule has 1 heterocycles. The van der Waals surface area contributed by atoms with Crippen LogP contribution >= 0.6 is 0 Å². The first-order valence-electron chi connectivity index (χ1n) is 23.1. The first-order valence-corrected chi connectivity index (χ1v) is 23.1. The number of nitrogens with zero attached hydrogens (tertiary/aromatic N) is 1. The molecule has 13 aromatic rings. The molecule has 0 unspecified atom stereocenters. The number of hydrogen-bond acceptors (Lipinski definition) is 0. The van der Waals surface area contributed by atoms with E-state index in [4.69, 9.17) is 0 Å². The summed E-state index contributed by atoms with van der Waals surface area (Å²) < 4.78 is 2.43. The zero-order valence-electron chi connectivity index (χ0n) is 36.8. The molecular formula is C66H43N. The molecule has 0 N–H and O–H groups in total. The molecule has 12 aromatic carbocycles. The van der Waals surface area contributed by atoms with Crippen LogP contribution in [0.2, 0.25) is 0 Å². The summed E-state index contributed by atoms with van der Waals surface area (Å²) in [5.41, 5.74) is 16.7. The number of hydrogen-bond donors (Lipinski definition) is 0. The van der Waals surface area contributed by atoms with Crippen molar-refractivity contribution in [3.05, 3.63) is 261 Å². The third kappa shape index (κ3) is 6.80. The average molecular weight is 850 g/mol. The minimum Gasteiger partial charge on any atom is -0.316 e. The van der Waals surface area contributed by atoms with Gasteiger partial charge in [-0.25, -0.2) is 0 Å². The molecule has 0 bridgehead atoms. The van der Waals surface area contributed by atoms with Gasteiger partial charge in [0.15, 0.2) is 0 Å². The smallest absolute Gasteiger partial charge is 0.0535 e. The highest BCUT2D eigenvalue weighted by Gasteiger charge is 2.19. The quantitative estimate of drug-likeness (QED) is 0.141. The highest BCUT2D eigenvalue weighted by molar-refractivity contribution is 6.16. The van der Waals surface area contributed by atoms with E-state index < -0.39 is 0 Å². The Kier molecular flexibility index (Phi) is 9.25. The van der Waals surface area contributed by atoms with E-state index in [0.29, 0.717) is 0 Å². The largest absolute Gasteiger partial charge is 0.316 e. The topological polar surface area (TPSA) is 4.93 Å². The maximum absolute atomic E-state index is 2.43. The van der Waals surface area contributed by atoms with Crippen molar-refractivity contribution in [2.75, 3.05) is 0 Å². The Morgan fingerprint density at radius 1 is 0.209 bits per heavy atom. The molecular weight excluding hydrogens is 807 g/mol. The van der Waals surface area contributed by atoms with Crippen LogP contribution in [0, 0.1) is 0 Å². The molecule has 0 saturated heterocycles. The van der Waals surface area contributed by atoms with Gasteiger partial charge in [0.1, 0.15) is 0 Å². The summed E-state index contributed by atoms with van der Waals surface area (Å²) in [6.07, 6.45) is 2.37. The van der Waals surface area contributed by atoms with Crippen LogP contribution in [-0.2, 0) is 0 Å². The highest BCUT2D eigenvalue weighted by atomic mass is 15.0. The van der Waals surface area contributed by atoms with E-state index in [1.807, 2.05) is 0 Å². The lowest BCUT2D eigenvalue weighted by Gasteiger charge is -2.17. The summed E-state index contributed by atoms with van der Waals surface area (Å²) in [7, 11) is 0. The summed E-state index contributed by atoms with van der Waals surface area (Å²) in [5.74, 6) is 0. The van der Waals surface area contributed by atoms with Gasteiger partial charge in [0.2, 0.25) is 0 Å². The maximum atomic E-state index is 2.43. The minimum atomic E-state index is 1.11. The van der Waals surface area contributed by atoms with Gasteiger partial charge in [-0.05, 0) is 147 Å².